The van der Waals surface area contributed by atoms with Crippen molar-refractivity contribution in [3.8, 4) is 73.6 Å². The molecule has 5 aliphatic rings. The third-order valence-corrected chi connectivity index (χ3v) is 14.2. The van der Waals surface area contributed by atoms with Crippen LogP contribution in [0.3, 0.4) is 0 Å². The molecule has 0 saturated heterocycles. The number of hydrogen-bond donors (Lipinski definition) is 0. The first-order valence-corrected chi connectivity index (χ1v) is 20.8. The molecule has 276 valence electrons. The van der Waals surface area contributed by atoms with Gasteiger partial charge < -0.3 is 0 Å². The summed E-state index contributed by atoms with van der Waals surface area (Å²) in [6, 6.07) is 58.7. The molecule has 0 aliphatic heterocycles. The Labute approximate surface area is 338 Å². The minimum absolute atomic E-state index is 0.0475. The van der Waals surface area contributed by atoms with Crippen LogP contribution >= 0.6 is 0 Å². The Balaban J connectivity index is 0.967. The molecule has 4 fully saturated rings. The van der Waals surface area contributed by atoms with Gasteiger partial charge in [-0.3, -0.25) is 0 Å². The van der Waals surface area contributed by atoms with E-state index >= 15 is 0 Å². The van der Waals surface area contributed by atoms with E-state index < -0.39 is 0 Å². The average Bonchev–Trinajstić information content (AvgIpc) is 3.57. The predicted octanol–water partition coefficient (Wildman–Crippen LogP) is 13.0. The number of nitriles is 1. The number of fused-ring (bicyclic) bond motifs is 4. The van der Waals surface area contributed by atoms with Gasteiger partial charge in [-0.25, -0.2) is 15.0 Å². The van der Waals surface area contributed by atoms with Gasteiger partial charge in [-0.15, -0.1) is 0 Å². The lowest BCUT2D eigenvalue weighted by Gasteiger charge is -2.61. The van der Waals surface area contributed by atoms with Crippen LogP contribution in [0.15, 0.2) is 158 Å². The first-order valence-electron chi connectivity index (χ1n) is 20.8. The maximum absolute atomic E-state index is 9.89. The van der Waals surface area contributed by atoms with Crippen molar-refractivity contribution in [2.24, 2.45) is 23.7 Å². The van der Waals surface area contributed by atoms with Crippen molar-refractivity contribution in [3.05, 3.63) is 174 Å². The second-order valence-electron chi connectivity index (χ2n) is 17.1. The first kappa shape index (κ1) is 33.4. The lowest BCUT2D eigenvalue weighted by molar-refractivity contribution is -0.0399. The predicted molar refractivity (Wildman–Crippen MR) is 232 cm³/mol. The molecule has 4 nitrogen and oxygen atoms in total. The van der Waals surface area contributed by atoms with Crippen molar-refractivity contribution in [1.82, 2.24) is 15.0 Å². The van der Waals surface area contributed by atoms with Crippen LogP contribution in [-0.2, 0) is 5.41 Å². The third-order valence-electron chi connectivity index (χ3n) is 14.2. The molecule has 0 atom stereocenters. The topological polar surface area (TPSA) is 62.5 Å². The molecule has 1 heterocycles. The van der Waals surface area contributed by atoms with E-state index in [1.165, 1.54) is 71.0 Å². The fourth-order valence-electron chi connectivity index (χ4n) is 11.9. The quantitative estimate of drug-likeness (QED) is 0.176. The molecule has 4 saturated carbocycles. The van der Waals surface area contributed by atoms with Crippen molar-refractivity contribution in [3.63, 3.8) is 0 Å². The fourth-order valence-corrected chi connectivity index (χ4v) is 11.9. The van der Waals surface area contributed by atoms with E-state index in [-0.39, 0.29) is 5.41 Å². The Hall–Kier alpha value is -6.70. The van der Waals surface area contributed by atoms with Gasteiger partial charge >= 0.3 is 0 Å². The molecule has 1 spiro atoms. The minimum atomic E-state index is 0.0475. The summed E-state index contributed by atoms with van der Waals surface area (Å²) in [7, 11) is 0. The molecule has 0 amide bonds. The molecule has 1 aromatic heterocycles. The van der Waals surface area contributed by atoms with Gasteiger partial charge in [-0.05, 0) is 124 Å². The van der Waals surface area contributed by atoms with Gasteiger partial charge in [0.15, 0.2) is 17.5 Å². The Morgan fingerprint density at radius 2 is 0.931 bits per heavy atom. The van der Waals surface area contributed by atoms with E-state index in [9.17, 15) is 5.26 Å². The van der Waals surface area contributed by atoms with E-state index in [1.54, 1.807) is 5.56 Å². The molecule has 4 bridgehead atoms. The third kappa shape index (κ3) is 5.02. The van der Waals surface area contributed by atoms with Crippen molar-refractivity contribution in [2.45, 2.75) is 37.5 Å². The Morgan fingerprint density at radius 3 is 1.55 bits per heavy atom. The van der Waals surface area contributed by atoms with Crippen LogP contribution in [0, 0.1) is 35.0 Å². The number of nitrogens with zero attached hydrogens (tertiary/aromatic N) is 4. The zero-order valence-electron chi connectivity index (χ0n) is 32.1. The summed E-state index contributed by atoms with van der Waals surface area (Å²) >= 11 is 0. The summed E-state index contributed by atoms with van der Waals surface area (Å²) in [6.45, 7) is 0. The molecule has 4 heteroatoms. The average molecular weight is 745 g/mol. The highest BCUT2D eigenvalue weighted by Crippen LogP contribution is 2.69. The smallest absolute Gasteiger partial charge is 0.164 e. The van der Waals surface area contributed by atoms with E-state index in [0.29, 0.717) is 29.3 Å². The van der Waals surface area contributed by atoms with Crippen molar-refractivity contribution in [1.29, 1.82) is 5.26 Å². The van der Waals surface area contributed by atoms with E-state index in [2.05, 4.69) is 115 Å². The van der Waals surface area contributed by atoms with Crippen LogP contribution in [-0.4, -0.2) is 15.0 Å². The summed E-state index contributed by atoms with van der Waals surface area (Å²) in [6.07, 6.45) is 6.80. The van der Waals surface area contributed by atoms with E-state index in [4.69, 9.17) is 15.0 Å². The molecule has 13 rings (SSSR count). The number of hydrogen-bond acceptors (Lipinski definition) is 4. The number of rotatable bonds is 5. The van der Waals surface area contributed by atoms with Gasteiger partial charge in [0.25, 0.3) is 0 Å². The molecule has 8 aromatic rings. The van der Waals surface area contributed by atoms with Crippen molar-refractivity contribution < 1.29 is 0 Å². The van der Waals surface area contributed by atoms with Crippen molar-refractivity contribution in [2.75, 3.05) is 0 Å². The molecule has 58 heavy (non-hydrogen) atoms. The van der Waals surface area contributed by atoms with Gasteiger partial charge in [-0.2, -0.15) is 5.26 Å². The SMILES string of the molecule is N#Cc1ccc(-c2ccc3c(c2)-c2ccc(-c4ccc(-c5nc(-c6ccccc6)nc(-c6ccccc6)n5)cc4)cc2C32C3CC4CC(C3)CC2C4)c2ccccc12. The number of benzene rings is 7. The van der Waals surface area contributed by atoms with Crippen LogP contribution < -0.4 is 0 Å². The molecule has 0 N–H and O–H groups in total. The Morgan fingerprint density at radius 1 is 0.414 bits per heavy atom. The molecular weight excluding hydrogens is 705 g/mol. The van der Waals surface area contributed by atoms with Crippen LogP contribution in [0.4, 0.5) is 0 Å². The monoisotopic (exact) mass is 744 g/mol. The van der Waals surface area contributed by atoms with Crippen LogP contribution in [0.25, 0.3) is 78.3 Å². The maximum Gasteiger partial charge on any atom is 0.164 e. The summed E-state index contributed by atoms with van der Waals surface area (Å²) in [5.74, 6) is 5.10. The molecule has 0 unspecified atom stereocenters. The highest BCUT2D eigenvalue weighted by molar-refractivity contribution is 6.01. The van der Waals surface area contributed by atoms with Gasteiger partial charge in [0.05, 0.1) is 11.6 Å². The lowest BCUT2D eigenvalue weighted by Crippen LogP contribution is -2.55. The van der Waals surface area contributed by atoms with Gasteiger partial charge in [-0.1, -0.05) is 140 Å². The molecule has 0 radical (unpaired) electrons. The Bertz CT molecular complexity index is 2880. The van der Waals surface area contributed by atoms with Crippen LogP contribution in [0.1, 0.15) is 48.8 Å². The summed E-state index contributed by atoms with van der Waals surface area (Å²) in [4.78, 5) is 14.9. The largest absolute Gasteiger partial charge is 0.208 e. The second kappa shape index (κ2) is 12.9. The minimum Gasteiger partial charge on any atom is -0.208 e. The van der Waals surface area contributed by atoms with Gasteiger partial charge in [0.2, 0.25) is 0 Å². The summed E-state index contributed by atoms with van der Waals surface area (Å²) in [5.41, 5.74) is 14.4. The summed E-state index contributed by atoms with van der Waals surface area (Å²) in [5, 5.41) is 12.0. The van der Waals surface area contributed by atoms with Gasteiger partial charge in [0.1, 0.15) is 0 Å². The molecule has 5 aliphatic carbocycles. The highest BCUT2D eigenvalue weighted by atomic mass is 15.0. The Kier molecular flexibility index (Phi) is 7.45. The van der Waals surface area contributed by atoms with E-state index in [0.717, 1.165) is 44.9 Å². The maximum atomic E-state index is 9.89. The normalized spacial score (nSPS) is 22.2. The molecule has 7 aromatic carbocycles. The lowest BCUT2D eigenvalue weighted by atomic mass is 9.43. The van der Waals surface area contributed by atoms with Crippen molar-refractivity contribution >= 4 is 10.8 Å². The van der Waals surface area contributed by atoms with Gasteiger partial charge in [0, 0.05) is 27.5 Å². The summed E-state index contributed by atoms with van der Waals surface area (Å²) < 4.78 is 0. The first-order chi connectivity index (χ1) is 28.6. The van der Waals surface area contributed by atoms with Crippen LogP contribution in [0.2, 0.25) is 0 Å². The zero-order chi connectivity index (χ0) is 38.4. The zero-order valence-corrected chi connectivity index (χ0v) is 32.1. The molecular formula is C54H40N4. The second-order valence-corrected chi connectivity index (χ2v) is 17.1. The van der Waals surface area contributed by atoms with E-state index in [1.807, 2.05) is 48.5 Å². The van der Waals surface area contributed by atoms with Crippen LogP contribution in [0.5, 0.6) is 0 Å². The standard InChI is InChI=1S/C54H40N4/c55-32-41-20-22-45(46-14-8-7-13-44(41)46)40-21-24-49-48(30-40)47-23-19-39(31-50(47)54(49)42-26-33-25-34(28-42)29-43(54)27-33)35-15-17-38(18-16-35)53-57-51(36-9-3-1-4-10-36)56-52(58-53)37-11-5-2-6-12-37/h1-24,30-31,33-34,42-43H,25-29H2. The number of aromatic nitrogens is 3. The fraction of sp³-hybridized carbons (Fsp3) is 0.185. The highest BCUT2D eigenvalue weighted by Gasteiger charge is 2.61.